The van der Waals surface area contributed by atoms with Crippen molar-refractivity contribution in [1.29, 1.82) is 0 Å². The van der Waals surface area contributed by atoms with E-state index < -0.39 is 0 Å². The van der Waals surface area contributed by atoms with Gasteiger partial charge in [0.1, 0.15) is 5.82 Å². The predicted octanol–water partition coefficient (Wildman–Crippen LogP) is 2.26. The van der Waals surface area contributed by atoms with E-state index in [1.54, 1.807) is 6.07 Å². The lowest BCUT2D eigenvalue weighted by molar-refractivity contribution is 0.255. The van der Waals surface area contributed by atoms with Gasteiger partial charge in [-0.05, 0) is 31.7 Å². The molecule has 0 aliphatic carbocycles. The third-order valence-corrected chi connectivity index (χ3v) is 2.88. The Kier molecular flexibility index (Phi) is 4.51. The SMILES string of the molecule is CC(CN)N(C)Cc1ccc(F)cc1Cl. The van der Waals surface area contributed by atoms with Crippen molar-refractivity contribution in [2.24, 2.45) is 5.73 Å². The minimum absolute atomic E-state index is 0.283. The number of hydrogen-bond acceptors (Lipinski definition) is 2. The fourth-order valence-electron chi connectivity index (χ4n) is 1.25. The fourth-order valence-corrected chi connectivity index (χ4v) is 1.48. The van der Waals surface area contributed by atoms with Gasteiger partial charge >= 0.3 is 0 Å². The molecule has 0 aliphatic heterocycles. The Morgan fingerprint density at radius 1 is 1.53 bits per heavy atom. The molecular weight excluding hydrogens is 215 g/mol. The molecule has 0 bridgehead atoms. The van der Waals surface area contributed by atoms with Crippen LogP contribution in [0, 0.1) is 5.82 Å². The molecule has 0 saturated heterocycles. The molecule has 4 heteroatoms. The van der Waals surface area contributed by atoms with Crippen LogP contribution in [-0.2, 0) is 6.54 Å². The summed E-state index contributed by atoms with van der Waals surface area (Å²) >= 11 is 5.92. The van der Waals surface area contributed by atoms with Crippen molar-refractivity contribution in [2.75, 3.05) is 13.6 Å². The highest BCUT2D eigenvalue weighted by molar-refractivity contribution is 6.31. The van der Waals surface area contributed by atoms with Gasteiger partial charge in [0.15, 0.2) is 0 Å². The number of hydrogen-bond donors (Lipinski definition) is 1. The van der Waals surface area contributed by atoms with Gasteiger partial charge in [0.05, 0.1) is 0 Å². The lowest BCUT2D eigenvalue weighted by Crippen LogP contribution is -2.34. The number of nitrogens with zero attached hydrogens (tertiary/aromatic N) is 1. The number of rotatable bonds is 4. The van der Waals surface area contributed by atoms with Crippen LogP contribution in [-0.4, -0.2) is 24.5 Å². The van der Waals surface area contributed by atoms with E-state index >= 15 is 0 Å². The molecule has 0 radical (unpaired) electrons. The van der Waals surface area contributed by atoms with Gasteiger partial charge in [0, 0.05) is 24.2 Å². The number of likely N-dealkylation sites (N-methyl/N-ethyl adjacent to an activating group) is 1. The van der Waals surface area contributed by atoms with Gasteiger partial charge in [-0.1, -0.05) is 17.7 Å². The van der Waals surface area contributed by atoms with E-state index in [1.165, 1.54) is 12.1 Å². The van der Waals surface area contributed by atoms with Crippen molar-refractivity contribution in [3.05, 3.63) is 34.6 Å². The number of nitrogens with two attached hydrogens (primary N) is 1. The quantitative estimate of drug-likeness (QED) is 0.860. The van der Waals surface area contributed by atoms with Crippen LogP contribution in [0.5, 0.6) is 0 Å². The lowest BCUT2D eigenvalue weighted by Gasteiger charge is -2.23. The van der Waals surface area contributed by atoms with E-state index in [2.05, 4.69) is 4.90 Å². The molecule has 2 nitrogen and oxygen atoms in total. The van der Waals surface area contributed by atoms with Crippen LogP contribution in [0.3, 0.4) is 0 Å². The summed E-state index contributed by atoms with van der Waals surface area (Å²) < 4.78 is 12.8. The van der Waals surface area contributed by atoms with E-state index in [1.807, 2.05) is 14.0 Å². The zero-order valence-electron chi connectivity index (χ0n) is 9.00. The van der Waals surface area contributed by atoms with Crippen LogP contribution in [0.2, 0.25) is 5.02 Å². The minimum Gasteiger partial charge on any atom is -0.329 e. The van der Waals surface area contributed by atoms with Crippen molar-refractivity contribution in [3.63, 3.8) is 0 Å². The summed E-state index contributed by atoms with van der Waals surface area (Å²) in [6.07, 6.45) is 0. The average Bonchev–Trinajstić information content (AvgIpc) is 2.20. The topological polar surface area (TPSA) is 29.3 Å². The van der Waals surface area contributed by atoms with Gasteiger partial charge in [0.25, 0.3) is 0 Å². The molecule has 0 aliphatic rings. The van der Waals surface area contributed by atoms with Gasteiger partial charge in [-0.3, -0.25) is 4.90 Å². The summed E-state index contributed by atoms with van der Waals surface area (Å²) in [6.45, 7) is 3.31. The van der Waals surface area contributed by atoms with Gasteiger partial charge in [-0.2, -0.15) is 0 Å². The largest absolute Gasteiger partial charge is 0.329 e. The van der Waals surface area contributed by atoms with Crippen LogP contribution in [0.25, 0.3) is 0 Å². The molecule has 1 unspecified atom stereocenters. The maximum absolute atomic E-state index is 12.8. The Morgan fingerprint density at radius 3 is 2.73 bits per heavy atom. The Bertz CT molecular complexity index is 330. The number of benzene rings is 1. The molecule has 0 heterocycles. The molecule has 0 saturated carbocycles. The van der Waals surface area contributed by atoms with Crippen molar-refractivity contribution < 1.29 is 4.39 Å². The molecule has 0 fully saturated rings. The van der Waals surface area contributed by atoms with Crippen molar-refractivity contribution in [2.45, 2.75) is 19.5 Å². The molecule has 1 atom stereocenters. The van der Waals surface area contributed by atoms with Crippen molar-refractivity contribution in [3.8, 4) is 0 Å². The summed E-state index contributed by atoms with van der Waals surface area (Å²) in [6, 6.07) is 4.74. The number of halogens is 2. The van der Waals surface area contributed by atoms with Gasteiger partial charge in [-0.15, -0.1) is 0 Å². The summed E-state index contributed by atoms with van der Waals surface area (Å²) in [5.74, 6) is -0.307. The molecule has 0 amide bonds. The summed E-state index contributed by atoms with van der Waals surface area (Å²) in [4.78, 5) is 2.08. The summed E-state index contributed by atoms with van der Waals surface area (Å²) in [5, 5.41) is 0.464. The minimum atomic E-state index is -0.307. The Morgan fingerprint density at radius 2 is 2.20 bits per heavy atom. The average molecular weight is 231 g/mol. The van der Waals surface area contributed by atoms with Crippen LogP contribution in [0.15, 0.2) is 18.2 Å². The first-order valence-corrected chi connectivity index (χ1v) is 5.26. The molecule has 1 aromatic rings. The Balaban J connectivity index is 2.72. The molecule has 1 rings (SSSR count). The van der Waals surface area contributed by atoms with Crippen molar-refractivity contribution >= 4 is 11.6 Å². The van der Waals surface area contributed by atoms with Crippen LogP contribution in [0.1, 0.15) is 12.5 Å². The molecule has 0 aromatic heterocycles. The maximum atomic E-state index is 12.8. The molecule has 0 spiro atoms. The lowest BCUT2D eigenvalue weighted by atomic mass is 10.2. The molecular formula is C11H16ClFN2. The van der Waals surface area contributed by atoms with E-state index in [4.69, 9.17) is 17.3 Å². The highest BCUT2D eigenvalue weighted by atomic mass is 35.5. The highest BCUT2D eigenvalue weighted by Crippen LogP contribution is 2.19. The molecule has 15 heavy (non-hydrogen) atoms. The maximum Gasteiger partial charge on any atom is 0.124 e. The normalized spacial score (nSPS) is 13.2. The first kappa shape index (κ1) is 12.4. The van der Waals surface area contributed by atoms with Crippen LogP contribution >= 0.6 is 11.6 Å². The molecule has 2 N–H and O–H groups in total. The second-order valence-electron chi connectivity index (χ2n) is 3.74. The van der Waals surface area contributed by atoms with Gasteiger partial charge < -0.3 is 5.73 Å². The van der Waals surface area contributed by atoms with E-state index in [9.17, 15) is 4.39 Å². The highest BCUT2D eigenvalue weighted by Gasteiger charge is 2.09. The zero-order valence-corrected chi connectivity index (χ0v) is 9.76. The van der Waals surface area contributed by atoms with Gasteiger partial charge in [-0.25, -0.2) is 4.39 Å². The monoisotopic (exact) mass is 230 g/mol. The fraction of sp³-hybridized carbons (Fsp3) is 0.455. The van der Waals surface area contributed by atoms with Gasteiger partial charge in [0.2, 0.25) is 0 Å². The second kappa shape index (κ2) is 5.45. The Hall–Kier alpha value is -0.640. The van der Waals surface area contributed by atoms with E-state index in [-0.39, 0.29) is 11.9 Å². The molecule has 1 aromatic carbocycles. The Labute approximate surface area is 94.8 Å². The van der Waals surface area contributed by atoms with E-state index in [0.717, 1.165) is 5.56 Å². The third kappa shape index (κ3) is 3.45. The second-order valence-corrected chi connectivity index (χ2v) is 4.14. The zero-order chi connectivity index (χ0) is 11.4. The smallest absolute Gasteiger partial charge is 0.124 e. The van der Waals surface area contributed by atoms with E-state index in [0.29, 0.717) is 18.1 Å². The first-order valence-electron chi connectivity index (χ1n) is 4.89. The summed E-state index contributed by atoms with van der Waals surface area (Å²) in [5.41, 5.74) is 6.47. The first-order chi connectivity index (χ1) is 7.04. The predicted molar refractivity (Wildman–Crippen MR) is 61.4 cm³/mol. The molecule has 84 valence electrons. The van der Waals surface area contributed by atoms with Crippen LogP contribution < -0.4 is 5.73 Å². The third-order valence-electron chi connectivity index (χ3n) is 2.53. The van der Waals surface area contributed by atoms with Crippen LogP contribution in [0.4, 0.5) is 4.39 Å². The van der Waals surface area contributed by atoms with Crippen molar-refractivity contribution in [1.82, 2.24) is 4.90 Å². The summed E-state index contributed by atoms with van der Waals surface area (Å²) in [7, 11) is 1.97. The standard InChI is InChI=1S/C11H16ClFN2/c1-8(6-14)15(2)7-9-3-4-10(13)5-11(9)12/h3-5,8H,6-7,14H2,1-2H3.